The van der Waals surface area contributed by atoms with Crippen molar-refractivity contribution in [2.24, 2.45) is 5.41 Å². The van der Waals surface area contributed by atoms with Crippen molar-refractivity contribution in [3.05, 3.63) is 0 Å². The summed E-state index contributed by atoms with van der Waals surface area (Å²) in [6.45, 7) is 8.40. The Labute approximate surface area is 111 Å². The first-order chi connectivity index (χ1) is 8.52. The smallest absolute Gasteiger partial charge is 0.221 e. The second-order valence-corrected chi connectivity index (χ2v) is 5.30. The third kappa shape index (κ3) is 10.1. The van der Waals surface area contributed by atoms with Crippen LogP contribution in [0.5, 0.6) is 0 Å². The van der Waals surface area contributed by atoms with Crippen molar-refractivity contribution in [3.63, 3.8) is 0 Å². The number of amides is 1. The van der Waals surface area contributed by atoms with Gasteiger partial charge in [0.1, 0.15) is 0 Å². The van der Waals surface area contributed by atoms with E-state index in [1.807, 2.05) is 20.8 Å². The fourth-order valence-corrected chi connectivity index (χ4v) is 1.55. The number of carbonyl (C=O) groups is 1. The molecule has 18 heavy (non-hydrogen) atoms. The topological polar surface area (TPSA) is 64.9 Å². The molecule has 0 saturated carbocycles. The number of unbranched alkanes of at least 4 members (excludes halogenated alkanes) is 1. The number of rotatable bonds is 10. The van der Waals surface area contributed by atoms with Crippen LogP contribution < -0.4 is 10.6 Å². The van der Waals surface area contributed by atoms with E-state index in [4.69, 9.17) is 5.26 Å². The molecular weight excluding hydrogens is 226 g/mol. The molecule has 0 radical (unpaired) electrons. The van der Waals surface area contributed by atoms with Gasteiger partial charge in [-0.05, 0) is 39.7 Å². The molecule has 2 N–H and O–H groups in total. The lowest BCUT2D eigenvalue weighted by molar-refractivity contribution is -0.120. The molecule has 0 aliphatic rings. The van der Waals surface area contributed by atoms with Crippen LogP contribution in [0.4, 0.5) is 0 Å². The molecule has 0 aromatic rings. The van der Waals surface area contributed by atoms with Gasteiger partial charge in [-0.2, -0.15) is 5.26 Å². The summed E-state index contributed by atoms with van der Waals surface area (Å²) >= 11 is 0. The maximum Gasteiger partial charge on any atom is 0.221 e. The van der Waals surface area contributed by atoms with E-state index in [0.717, 1.165) is 45.3 Å². The van der Waals surface area contributed by atoms with Crippen molar-refractivity contribution in [2.45, 2.75) is 52.9 Å². The van der Waals surface area contributed by atoms with Gasteiger partial charge >= 0.3 is 0 Å². The average molecular weight is 253 g/mol. The van der Waals surface area contributed by atoms with Crippen LogP contribution >= 0.6 is 0 Å². The zero-order valence-corrected chi connectivity index (χ0v) is 12.0. The van der Waals surface area contributed by atoms with Crippen molar-refractivity contribution < 1.29 is 4.79 Å². The molecule has 0 aliphatic carbocycles. The lowest BCUT2D eigenvalue weighted by Crippen LogP contribution is -2.28. The zero-order chi connectivity index (χ0) is 13.9. The molecule has 1 amide bonds. The van der Waals surface area contributed by atoms with Gasteiger partial charge < -0.3 is 10.6 Å². The summed E-state index contributed by atoms with van der Waals surface area (Å²) in [5.41, 5.74) is -0.208. The highest BCUT2D eigenvalue weighted by atomic mass is 16.1. The highest BCUT2D eigenvalue weighted by Gasteiger charge is 2.15. The molecular formula is C14H27N3O. The normalized spacial score (nSPS) is 11.0. The Balaban J connectivity index is 3.32. The van der Waals surface area contributed by atoms with Gasteiger partial charge in [0.25, 0.3) is 0 Å². The Morgan fingerprint density at radius 3 is 2.56 bits per heavy atom. The van der Waals surface area contributed by atoms with Gasteiger partial charge in [0.15, 0.2) is 0 Å². The summed E-state index contributed by atoms with van der Waals surface area (Å²) in [6, 6.07) is 2.30. The van der Waals surface area contributed by atoms with E-state index in [1.54, 1.807) is 0 Å². The minimum atomic E-state index is -0.208. The van der Waals surface area contributed by atoms with Crippen LogP contribution in [0.2, 0.25) is 0 Å². The Morgan fingerprint density at radius 1 is 1.22 bits per heavy atom. The van der Waals surface area contributed by atoms with E-state index >= 15 is 0 Å². The quantitative estimate of drug-likeness (QED) is 0.587. The SMILES string of the molecule is CCCNC(=O)CCNCCCCC(C)(C)C#N. The summed E-state index contributed by atoms with van der Waals surface area (Å²) in [5, 5.41) is 15.0. The highest BCUT2D eigenvalue weighted by Crippen LogP contribution is 2.21. The molecule has 0 aromatic carbocycles. The predicted molar refractivity (Wildman–Crippen MR) is 74.0 cm³/mol. The third-order valence-corrected chi connectivity index (χ3v) is 2.81. The summed E-state index contributed by atoms with van der Waals surface area (Å²) in [7, 11) is 0. The molecule has 4 nitrogen and oxygen atoms in total. The first-order valence-electron chi connectivity index (χ1n) is 6.90. The van der Waals surface area contributed by atoms with Gasteiger partial charge in [-0.25, -0.2) is 0 Å². The monoisotopic (exact) mass is 253 g/mol. The first-order valence-corrected chi connectivity index (χ1v) is 6.90. The summed E-state index contributed by atoms with van der Waals surface area (Å²) < 4.78 is 0. The van der Waals surface area contributed by atoms with E-state index < -0.39 is 0 Å². The molecule has 0 aliphatic heterocycles. The highest BCUT2D eigenvalue weighted by molar-refractivity contribution is 5.75. The standard InChI is InChI=1S/C14H27N3O/c1-4-9-17-13(18)7-11-16-10-6-5-8-14(2,3)12-15/h16H,4-11H2,1-3H3,(H,17,18). The lowest BCUT2D eigenvalue weighted by Gasteiger charge is -2.14. The van der Waals surface area contributed by atoms with E-state index in [2.05, 4.69) is 16.7 Å². The number of nitriles is 1. The van der Waals surface area contributed by atoms with Gasteiger partial charge in [0.2, 0.25) is 5.91 Å². The minimum absolute atomic E-state index is 0.120. The fraction of sp³-hybridized carbons (Fsp3) is 0.857. The number of carbonyl (C=O) groups excluding carboxylic acids is 1. The fourth-order valence-electron chi connectivity index (χ4n) is 1.55. The number of nitrogens with one attached hydrogen (secondary N) is 2. The summed E-state index contributed by atoms with van der Waals surface area (Å²) in [6.07, 6.45) is 4.57. The van der Waals surface area contributed by atoms with E-state index in [-0.39, 0.29) is 11.3 Å². The molecule has 0 unspecified atom stereocenters. The van der Waals surface area contributed by atoms with E-state index in [0.29, 0.717) is 6.42 Å². The second-order valence-electron chi connectivity index (χ2n) is 5.30. The van der Waals surface area contributed by atoms with Crippen molar-refractivity contribution in [3.8, 4) is 6.07 Å². The van der Waals surface area contributed by atoms with Crippen LogP contribution in [0.25, 0.3) is 0 Å². The molecule has 0 aromatic heterocycles. The van der Waals surface area contributed by atoms with Gasteiger partial charge in [0.05, 0.1) is 11.5 Å². The molecule has 0 fully saturated rings. The average Bonchev–Trinajstić information content (AvgIpc) is 2.35. The molecule has 0 atom stereocenters. The molecule has 0 heterocycles. The van der Waals surface area contributed by atoms with Crippen LogP contribution in [0, 0.1) is 16.7 Å². The summed E-state index contributed by atoms with van der Waals surface area (Å²) in [5.74, 6) is 0.120. The van der Waals surface area contributed by atoms with Crippen LogP contribution in [0.15, 0.2) is 0 Å². The molecule has 0 bridgehead atoms. The van der Waals surface area contributed by atoms with Crippen molar-refractivity contribution >= 4 is 5.91 Å². The van der Waals surface area contributed by atoms with E-state index in [1.165, 1.54) is 0 Å². The van der Waals surface area contributed by atoms with Crippen LogP contribution in [0.1, 0.15) is 52.9 Å². The van der Waals surface area contributed by atoms with Crippen molar-refractivity contribution in [2.75, 3.05) is 19.6 Å². The zero-order valence-electron chi connectivity index (χ0n) is 12.0. The predicted octanol–water partition coefficient (Wildman–Crippen LogP) is 2.21. The maximum atomic E-state index is 11.3. The lowest BCUT2D eigenvalue weighted by atomic mass is 9.89. The maximum absolute atomic E-state index is 11.3. The van der Waals surface area contributed by atoms with Crippen molar-refractivity contribution in [1.29, 1.82) is 5.26 Å². The molecule has 0 saturated heterocycles. The van der Waals surface area contributed by atoms with Crippen LogP contribution in [-0.2, 0) is 4.79 Å². The summed E-state index contributed by atoms with van der Waals surface area (Å²) in [4.78, 5) is 11.3. The Morgan fingerprint density at radius 2 is 1.94 bits per heavy atom. The Bertz CT molecular complexity index is 269. The van der Waals surface area contributed by atoms with Gasteiger partial charge in [-0.15, -0.1) is 0 Å². The molecule has 104 valence electrons. The number of hydrogen-bond donors (Lipinski definition) is 2. The molecule has 0 spiro atoms. The Kier molecular flexibility index (Phi) is 9.31. The van der Waals surface area contributed by atoms with E-state index in [9.17, 15) is 4.79 Å². The molecule has 4 heteroatoms. The van der Waals surface area contributed by atoms with Crippen LogP contribution in [-0.4, -0.2) is 25.5 Å². The van der Waals surface area contributed by atoms with Gasteiger partial charge in [-0.3, -0.25) is 4.79 Å². The second kappa shape index (κ2) is 9.90. The number of hydrogen-bond acceptors (Lipinski definition) is 3. The van der Waals surface area contributed by atoms with Gasteiger partial charge in [0, 0.05) is 19.5 Å². The first kappa shape index (κ1) is 16.9. The Hall–Kier alpha value is -1.08. The van der Waals surface area contributed by atoms with Crippen LogP contribution in [0.3, 0.4) is 0 Å². The minimum Gasteiger partial charge on any atom is -0.356 e. The largest absolute Gasteiger partial charge is 0.356 e. The number of nitrogens with zero attached hydrogens (tertiary/aromatic N) is 1. The molecule has 0 rings (SSSR count). The van der Waals surface area contributed by atoms with Crippen molar-refractivity contribution in [1.82, 2.24) is 10.6 Å². The van der Waals surface area contributed by atoms with Gasteiger partial charge in [-0.1, -0.05) is 13.3 Å². The third-order valence-electron chi connectivity index (χ3n) is 2.81.